The third-order valence-corrected chi connectivity index (χ3v) is 6.10. The van der Waals surface area contributed by atoms with Crippen LogP contribution in [0.3, 0.4) is 0 Å². The number of pyridine rings is 1. The van der Waals surface area contributed by atoms with Crippen LogP contribution < -0.4 is 16.8 Å². The minimum Gasteiger partial charge on any atom is -0.403 e. The Morgan fingerprint density at radius 2 is 1.84 bits per heavy atom. The SMILES string of the molecule is N/C=C(\N)c1ccc(C(=O)N2CCc3nc(NC4Cc5ccccc5C4)ncc3C2)nc1. The zero-order valence-corrected chi connectivity index (χ0v) is 17.7. The van der Waals surface area contributed by atoms with Crippen LogP contribution in [-0.4, -0.2) is 38.3 Å². The highest BCUT2D eigenvalue weighted by Crippen LogP contribution is 2.25. The molecule has 0 atom stereocenters. The Hall–Kier alpha value is -3.94. The molecule has 1 aliphatic heterocycles. The summed E-state index contributed by atoms with van der Waals surface area (Å²) in [5.41, 5.74) is 17.4. The van der Waals surface area contributed by atoms with Crippen molar-refractivity contribution in [3.8, 4) is 0 Å². The first-order valence-electron chi connectivity index (χ1n) is 10.7. The summed E-state index contributed by atoms with van der Waals surface area (Å²) in [7, 11) is 0. The number of amides is 1. The van der Waals surface area contributed by atoms with Gasteiger partial charge in [0.25, 0.3) is 5.91 Å². The fourth-order valence-corrected chi connectivity index (χ4v) is 4.35. The van der Waals surface area contributed by atoms with Gasteiger partial charge in [-0.15, -0.1) is 0 Å². The molecule has 162 valence electrons. The Labute approximate surface area is 186 Å². The first-order valence-corrected chi connectivity index (χ1v) is 10.7. The van der Waals surface area contributed by atoms with Gasteiger partial charge in [0.05, 0.1) is 11.4 Å². The first kappa shape index (κ1) is 20.0. The molecule has 2 aliphatic rings. The molecule has 3 aromatic rings. The van der Waals surface area contributed by atoms with Crippen molar-refractivity contribution in [1.82, 2.24) is 19.9 Å². The van der Waals surface area contributed by atoms with Crippen molar-refractivity contribution >= 4 is 17.6 Å². The molecule has 0 unspecified atom stereocenters. The van der Waals surface area contributed by atoms with Gasteiger partial charge < -0.3 is 21.7 Å². The molecule has 8 heteroatoms. The maximum atomic E-state index is 12.9. The molecular formula is C24H25N7O. The monoisotopic (exact) mass is 427 g/mol. The van der Waals surface area contributed by atoms with Gasteiger partial charge in [0.1, 0.15) is 5.69 Å². The summed E-state index contributed by atoms with van der Waals surface area (Å²) in [6.07, 6.45) is 7.36. The zero-order chi connectivity index (χ0) is 22.1. The lowest BCUT2D eigenvalue weighted by Crippen LogP contribution is -2.37. The van der Waals surface area contributed by atoms with E-state index >= 15 is 0 Å². The van der Waals surface area contributed by atoms with Crippen LogP contribution in [0.5, 0.6) is 0 Å². The Kier molecular flexibility index (Phi) is 5.18. The predicted molar refractivity (Wildman–Crippen MR) is 122 cm³/mol. The maximum Gasteiger partial charge on any atom is 0.272 e. The third kappa shape index (κ3) is 3.87. The highest BCUT2D eigenvalue weighted by molar-refractivity contribution is 5.92. The van der Waals surface area contributed by atoms with Crippen molar-refractivity contribution in [2.75, 3.05) is 11.9 Å². The number of nitrogens with one attached hydrogen (secondary N) is 1. The van der Waals surface area contributed by atoms with E-state index in [0.29, 0.717) is 48.5 Å². The van der Waals surface area contributed by atoms with E-state index in [1.807, 2.05) is 6.20 Å². The summed E-state index contributed by atoms with van der Waals surface area (Å²) < 4.78 is 0. The first-order chi connectivity index (χ1) is 15.6. The number of nitrogens with two attached hydrogens (primary N) is 2. The number of carbonyl (C=O) groups excluding carboxylic acids is 1. The lowest BCUT2D eigenvalue weighted by Gasteiger charge is -2.28. The lowest BCUT2D eigenvalue weighted by molar-refractivity contribution is 0.0727. The summed E-state index contributed by atoms with van der Waals surface area (Å²) in [5, 5.41) is 3.48. The summed E-state index contributed by atoms with van der Waals surface area (Å²) in [6.45, 7) is 1.06. The Morgan fingerprint density at radius 3 is 2.53 bits per heavy atom. The van der Waals surface area contributed by atoms with E-state index in [0.717, 1.165) is 24.1 Å². The van der Waals surface area contributed by atoms with E-state index in [1.54, 1.807) is 23.2 Å². The Bertz CT molecular complexity index is 1160. The number of aromatic nitrogens is 3. The van der Waals surface area contributed by atoms with Gasteiger partial charge in [0, 0.05) is 55.3 Å². The molecule has 5 N–H and O–H groups in total. The van der Waals surface area contributed by atoms with Crippen LogP contribution in [0.1, 0.15) is 38.4 Å². The topological polar surface area (TPSA) is 123 Å². The van der Waals surface area contributed by atoms with Gasteiger partial charge >= 0.3 is 0 Å². The van der Waals surface area contributed by atoms with E-state index in [1.165, 1.54) is 17.3 Å². The van der Waals surface area contributed by atoms with Crippen molar-refractivity contribution < 1.29 is 4.79 Å². The lowest BCUT2D eigenvalue weighted by atomic mass is 10.1. The van der Waals surface area contributed by atoms with E-state index in [4.69, 9.17) is 16.5 Å². The van der Waals surface area contributed by atoms with Crippen LogP contribution in [0.15, 0.2) is 55.0 Å². The average Bonchev–Trinajstić information content (AvgIpc) is 3.25. The summed E-state index contributed by atoms with van der Waals surface area (Å²) in [4.78, 5) is 28.2. The number of fused-ring (bicyclic) bond motifs is 2. The quantitative estimate of drug-likeness (QED) is 0.581. The van der Waals surface area contributed by atoms with Gasteiger partial charge in [-0.1, -0.05) is 24.3 Å². The Morgan fingerprint density at radius 1 is 1.06 bits per heavy atom. The van der Waals surface area contributed by atoms with Gasteiger partial charge in [-0.2, -0.15) is 0 Å². The molecule has 1 aromatic carbocycles. The highest BCUT2D eigenvalue weighted by atomic mass is 16.2. The van der Waals surface area contributed by atoms with Crippen molar-refractivity contribution in [3.05, 3.63) is 88.6 Å². The van der Waals surface area contributed by atoms with Crippen LogP contribution >= 0.6 is 0 Å². The maximum absolute atomic E-state index is 12.9. The number of nitrogens with zero attached hydrogens (tertiary/aromatic N) is 4. The van der Waals surface area contributed by atoms with E-state index in [2.05, 4.69) is 39.6 Å². The minimum absolute atomic E-state index is 0.122. The van der Waals surface area contributed by atoms with E-state index < -0.39 is 0 Å². The second-order valence-corrected chi connectivity index (χ2v) is 8.21. The van der Waals surface area contributed by atoms with Gasteiger partial charge in [-0.05, 0) is 36.1 Å². The standard InChI is InChI=1S/C24H25N7O/c25-11-20(26)17-5-6-22(27-12-17)23(32)31-8-7-21-18(14-31)13-28-24(30-21)29-19-9-15-3-1-2-4-16(15)10-19/h1-6,11-13,19H,7-10,14,25-26H2,(H,28,29,30)/b20-11-. The van der Waals surface area contributed by atoms with Crippen molar-refractivity contribution in [2.45, 2.75) is 31.8 Å². The molecule has 1 aliphatic carbocycles. The predicted octanol–water partition coefficient (Wildman–Crippen LogP) is 1.87. The highest BCUT2D eigenvalue weighted by Gasteiger charge is 2.25. The molecular weight excluding hydrogens is 402 g/mol. The second kappa shape index (κ2) is 8.30. The molecule has 32 heavy (non-hydrogen) atoms. The normalized spacial score (nSPS) is 15.9. The average molecular weight is 428 g/mol. The van der Waals surface area contributed by atoms with Crippen molar-refractivity contribution in [1.29, 1.82) is 0 Å². The molecule has 5 rings (SSSR count). The summed E-state index contributed by atoms with van der Waals surface area (Å²) in [6, 6.07) is 12.3. The van der Waals surface area contributed by atoms with Crippen molar-refractivity contribution in [3.63, 3.8) is 0 Å². The van der Waals surface area contributed by atoms with Gasteiger partial charge in [0.15, 0.2) is 0 Å². The van der Waals surface area contributed by atoms with Crippen LogP contribution in [0.2, 0.25) is 0 Å². The van der Waals surface area contributed by atoms with Gasteiger partial charge in [0.2, 0.25) is 5.95 Å². The molecule has 0 bridgehead atoms. The molecule has 0 saturated carbocycles. The van der Waals surface area contributed by atoms with Crippen LogP contribution in [-0.2, 0) is 25.8 Å². The molecule has 0 radical (unpaired) electrons. The van der Waals surface area contributed by atoms with Crippen molar-refractivity contribution in [2.24, 2.45) is 11.5 Å². The fraction of sp³-hybridized carbons (Fsp3) is 0.250. The minimum atomic E-state index is -0.122. The molecule has 0 spiro atoms. The molecule has 3 heterocycles. The van der Waals surface area contributed by atoms with Crippen LogP contribution in [0, 0.1) is 0 Å². The largest absolute Gasteiger partial charge is 0.403 e. The number of benzene rings is 1. The van der Waals surface area contributed by atoms with Gasteiger partial charge in [-0.3, -0.25) is 9.78 Å². The molecule has 2 aromatic heterocycles. The number of anilines is 1. The third-order valence-electron chi connectivity index (χ3n) is 6.10. The van der Waals surface area contributed by atoms with Gasteiger partial charge in [-0.25, -0.2) is 9.97 Å². The second-order valence-electron chi connectivity index (χ2n) is 8.21. The fourth-order valence-electron chi connectivity index (χ4n) is 4.35. The number of rotatable bonds is 4. The summed E-state index contributed by atoms with van der Waals surface area (Å²) >= 11 is 0. The number of carbonyl (C=O) groups is 1. The smallest absolute Gasteiger partial charge is 0.272 e. The molecule has 0 fully saturated rings. The molecule has 8 nitrogen and oxygen atoms in total. The van der Waals surface area contributed by atoms with E-state index in [9.17, 15) is 4.79 Å². The molecule has 1 amide bonds. The molecule has 0 saturated heterocycles. The number of hydrogen-bond donors (Lipinski definition) is 3. The van der Waals surface area contributed by atoms with E-state index in [-0.39, 0.29) is 5.91 Å². The Balaban J connectivity index is 1.24. The zero-order valence-electron chi connectivity index (χ0n) is 17.7. The van der Waals surface area contributed by atoms with Crippen LogP contribution in [0.4, 0.5) is 5.95 Å². The van der Waals surface area contributed by atoms with Crippen LogP contribution in [0.25, 0.3) is 5.70 Å². The summed E-state index contributed by atoms with van der Waals surface area (Å²) in [5.74, 6) is 0.535. The number of hydrogen-bond acceptors (Lipinski definition) is 7.